The first-order valence-corrected chi connectivity index (χ1v) is 15.7. The molecular weight excluding hydrogens is 601 g/mol. The van der Waals surface area contributed by atoms with Crippen molar-refractivity contribution in [2.75, 3.05) is 6.61 Å². The van der Waals surface area contributed by atoms with E-state index < -0.39 is 41.0 Å². The molecule has 0 amide bonds. The number of carbonyl (C=O) groups is 1. The van der Waals surface area contributed by atoms with Gasteiger partial charge in [0.2, 0.25) is 0 Å². The number of rotatable bonds is 17. The van der Waals surface area contributed by atoms with Gasteiger partial charge in [0.1, 0.15) is 22.4 Å². The number of unbranched alkanes of at least 4 members (excludes halogenated alkanes) is 2. The Labute approximate surface area is 258 Å². The maximum atomic E-state index is 15.1. The molecule has 0 saturated carbocycles. The molecular formula is C33H38F5NO4S. The molecule has 0 bridgehead atoms. The number of esters is 1. The molecule has 240 valence electrons. The molecule has 11 heteroatoms. The number of ether oxygens (including phenoxy) is 2. The van der Waals surface area contributed by atoms with Crippen molar-refractivity contribution in [1.29, 1.82) is 0 Å². The first-order chi connectivity index (χ1) is 20.9. The number of benzene rings is 3. The van der Waals surface area contributed by atoms with Gasteiger partial charge in [0, 0.05) is 30.3 Å². The normalized spacial score (nSPS) is 14.0. The Balaban J connectivity index is 2.09. The quantitative estimate of drug-likeness (QED) is 0.0705. The van der Waals surface area contributed by atoms with Crippen molar-refractivity contribution in [1.82, 2.24) is 4.72 Å². The number of hydrogen-bond donors (Lipinski definition) is 1. The molecule has 0 fully saturated rings. The van der Waals surface area contributed by atoms with E-state index >= 15 is 4.39 Å². The topological polar surface area (TPSA) is 70.6 Å². The third-order valence-corrected chi connectivity index (χ3v) is 8.36. The largest absolute Gasteiger partial charge is 0.598 e. The van der Waals surface area contributed by atoms with E-state index in [2.05, 4.69) is 9.46 Å². The fourth-order valence-corrected chi connectivity index (χ4v) is 5.67. The Morgan fingerprint density at radius 1 is 0.932 bits per heavy atom. The second-order valence-corrected chi connectivity index (χ2v) is 12.5. The zero-order valence-corrected chi connectivity index (χ0v) is 25.8. The highest BCUT2D eigenvalue weighted by Crippen LogP contribution is 2.39. The minimum Gasteiger partial charge on any atom is -0.598 e. The van der Waals surface area contributed by atoms with E-state index in [0.717, 1.165) is 36.1 Å². The number of alkyl halides is 4. The number of nitrogens with one attached hydrogen (secondary N) is 1. The van der Waals surface area contributed by atoms with E-state index in [1.165, 1.54) is 0 Å². The van der Waals surface area contributed by atoms with Crippen molar-refractivity contribution in [2.24, 2.45) is 0 Å². The highest BCUT2D eigenvalue weighted by molar-refractivity contribution is 7.90. The van der Waals surface area contributed by atoms with Crippen LogP contribution in [0.4, 0.5) is 22.0 Å². The van der Waals surface area contributed by atoms with Crippen molar-refractivity contribution in [3.8, 4) is 5.75 Å². The Bertz CT molecular complexity index is 1340. The van der Waals surface area contributed by atoms with Crippen LogP contribution in [0, 0.1) is 5.82 Å². The predicted octanol–water partition coefficient (Wildman–Crippen LogP) is 7.88. The zero-order valence-electron chi connectivity index (χ0n) is 25.0. The van der Waals surface area contributed by atoms with Crippen LogP contribution >= 0.6 is 0 Å². The van der Waals surface area contributed by atoms with E-state index in [-0.39, 0.29) is 23.2 Å². The summed E-state index contributed by atoms with van der Waals surface area (Å²) < 4.78 is 94.6. The van der Waals surface area contributed by atoms with E-state index in [1.807, 2.05) is 30.3 Å². The Morgan fingerprint density at radius 2 is 1.64 bits per heavy atom. The van der Waals surface area contributed by atoms with Gasteiger partial charge in [0.05, 0.1) is 6.61 Å². The molecule has 0 aliphatic carbocycles. The fourth-order valence-electron chi connectivity index (χ4n) is 4.79. The molecule has 0 heterocycles. The summed E-state index contributed by atoms with van der Waals surface area (Å²) >= 11 is -1.70. The van der Waals surface area contributed by atoms with Crippen LogP contribution in [-0.4, -0.2) is 34.9 Å². The number of halogens is 5. The molecule has 0 aliphatic rings. The van der Waals surface area contributed by atoms with Crippen LogP contribution in [0.3, 0.4) is 0 Å². The maximum Gasteiger partial charge on any atom is 0.461 e. The lowest BCUT2D eigenvalue weighted by Gasteiger charge is -2.37. The third-order valence-electron chi connectivity index (χ3n) is 6.96. The van der Waals surface area contributed by atoms with Gasteiger partial charge in [-0.1, -0.05) is 61.0 Å². The summed E-state index contributed by atoms with van der Waals surface area (Å²) in [5, 5.41) is -0.389. The Morgan fingerprint density at radius 3 is 2.30 bits per heavy atom. The highest BCUT2D eigenvalue weighted by atomic mass is 32.2. The van der Waals surface area contributed by atoms with E-state index in [9.17, 15) is 26.9 Å². The lowest BCUT2D eigenvalue weighted by molar-refractivity contribution is -0.253. The van der Waals surface area contributed by atoms with Crippen molar-refractivity contribution < 1.29 is 40.8 Å². The van der Waals surface area contributed by atoms with Crippen LogP contribution in [0.5, 0.6) is 5.75 Å². The van der Waals surface area contributed by atoms with Gasteiger partial charge in [0.15, 0.2) is 0 Å². The summed E-state index contributed by atoms with van der Waals surface area (Å²) in [6, 6.07) is 19.2. The van der Waals surface area contributed by atoms with E-state index in [0.29, 0.717) is 37.5 Å². The number of carbonyl (C=O) groups excluding carboxylic acids is 1. The molecule has 0 spiro atoms. The first-order valence-electron chi connectivity index (χ1n) is 14.5. The minimum atomic E-state index is -4.85. The van der Waals surface area contributed by atoms with E-state index in [1.54, 1.807) is 45.0 Å². The smallest absolute Gasteiger partial charge is 0.461 e. The summed E-state index contributed by atoms with van der Waals surface area (Å²) in [5.41, 5.74) is 0.857. The van der Waals surface area contributed by atoms with Crippen molar-refractivity contribution in [2.45, 2.75) is 82.6 Å². The van der Waals surface area contributed by atoms with Crippen LogP contribution in [-0.2, 0) is 39.3 Å². The van der Waals surface area contributed by atoms with Crippen LogP contribution < -0.4 is 9.46 Å². The molecule has 0 radical (unpaired) electrons. The summed E-state index contributed by atoms with van der Waals surface area (Å²) in [5.74, 6) is -2.03. The molecule has 1 N–H and O–H groups in total. The van der Waals surface area contributed by atoms with Crippen molar-refractivity contribution in [3.05, 3.63) is 101 Å². The predicted molar refractivity (Wildman–Crippen MR) is 161 cm³/mol. The molecule has 3 rings (SSSR count). The zero-order chi connectivity index (χ0) is 32.3. The van der Waals surface area contributed by atoms with Gasteiger partial charge in [-0.25, -0.2) is 4.39 Å². The van der Waals surface area contributed by atoms with Crippen LogP contribution in [0.2, 0.25) is 0 Å². The third kappa shape index (κ3) is 9.93. The minimum absolute atomic E-state index is 0.0713. The maximum absolute atomic E-state index is 15.1. The lowest BCUT2D eigenvalue weighted by atomic mass is 9.78. The highest BCUT2D eigenvalue weighted by Gasteiger charge is 2.45. The molecule has 3 aromatic rings. The SMILES string of the molecule is CCOC(=O)CCCCCc1cccc([C@@](Cc2ccccc2)(N[S+]([O-])C(C)C)c2cc(F)cc(OC(F)(F)C(F)F)c2)c1. The van der Waals surface area contributed by atoms with Crippen molar-refractivity contribution in [3.63, 3.8) is 0 Å². The summed E-state index contributed by atoms with van der Waals surface area (Å²) in [6.45, 7) is 5.54. The molecule has 3 aromatic carbocycles. The lowest BCUT2D eigenvalue weighted by Crippen LogP contribution is -2.50. The first kappa shape index (κ1) is 35.3. The average Bonchev–Trinajstić information content (AvgIpc) is 2.96. The van der Waals surface area contributed by atoms with Crippen LogP contribution in [0.25, 0.3) is 0 Å². The fraction of sp³-hybridized carbons (Fsp3) is 0.424. The number of aryl methyl sites for hydroxylation is 1. The average molecular weight is 640 g/mol. The second kappa shape index (κ2) is 16.2. The van der Waals surface area contributed by atoms with Gasteiger partial charge in [-0.05, 0) is 74.4 Å². The van der Waals surface area contributed by atoms with Crippen LogP contribution in [0.15, 0.2) is 72.8 Å². The Kier molecular flexibility index (Phi) is 13.0. The molecule has 0 aromatic heterocycles. The summed E-state index contributed by atoms with van der Waals surface area (Å²) in [7, 11) is 0. The van der Waals surface area contributed by atoms with Gasteiger partial charge in [-0.2, -0.15) is 17.6 Å². The van der Waals surface area contributed by atoms with E-state index in [4.69, 9.17) is 4.74 Å². The van der Waals surface area contributed by atoms with Gasteiger partial charge < -0.3 is 14.0 Å². The van der Waals surface area contributed by atoms with Gasteiger partial charge >= 0.3 is 18.5 Å². The van der Waals surface area contributed by atoms with Crippen LogP contribution in [0.1, 0.15) is 68.7 Å². The molecule has 2 atom stereocenters. The molecule has 5 nitrogen and oxygen atoms in total. The number of hydrogen-bond acceptors (Lipinski definition) is 5. The standard InChI is InChI=1S/C33H38F5NO4S/c1-4-42-30(40)17-10-6-7-12-24-15-11-16-26(18-24)32(39-44(41)23(2)3,22-25-13-8-5-9-14-25)27-19-28(34)21-29(20-27)43-33(37,38)31(35)36/h5,8-9,11,13-16,18-21,23,31,39H,4,6-7,10,12,17,22H2,1-3H3/t32-,44?/m1/s1. The molecule has 0 aliphatic heterocycles. The van der Waals surface area contributed by atoms with Gasteiger partial charge in [-0.3, -0.25) is 4.79 Å². The Hall–Kier alpha value is -3.15. The molecule has 0 saturated heterocycles. The monoisotopic (exact) mass is 639 g/mol. The molecule has 1 unspecified atom stereocenters. The summed E-state index contributed by atoms with van der Waals surface area (Å²) in [6.07, 6.45) is -5.70. The molecule has 44 heavy (non-hydrogen) atoms. The second-order valence-electron chi connectivity index (χ2n) is 10.7. The van der Waals surface area contributed by atoms with Gasteiger partial charge in [-0.15, -0.1) is 4.72 Å². The summed E-state index contributed by atoms with van der Waals surface area (Å²) in [4.78, 5) is 11.6. The van der Waals surface area contributed by atoms with Gasteiger partial charge in [0.25, 0.3) is 0 Å². The van der Waals surface area contributed by atoms with Crippen molar-refractivity contribution >= 4 is 17.3 Å².